The zero-order valence-electron chi connectivity index (χ0n) is 7.65. The predicted octanol–water partition coefficient (Wildman–Crippen LogP) is 1.30. The van der Waals surface area contributed by atoms with Crippen LogP contribution in [0.2, 0.25) is 0 Å². The van der Waals surface area contributed by atoms with Gasteiger partial charge in [-0.05, 0) is 17.7 Å². The second kappa shape index (κ2) is 3.44. The molecule has 0 saturated carbocycles. The van der Waals surface area contributed by atoms with Crippen LogP contribution < -0.4 is 5.32 Å². The fourth-order valence-electron chi connectivity index (χ4n) is 1.42. The minimum atomic E-state index is -1.14. The van der Waals surface area contributed by atoms with Gasteiger partial charge in [-0.3, -0.25) is 0 Å². The summed E-state index contributed by atoms with van der Waals surface area (Å²) in [7, 11) is 0. The van der Waals surface area contributed by atoms with Crippen molar-refractivity contribution in [1.82, 2.24) is 0 Å². The number of fused-ring (bicyclic) bond motifs is 1. The van der Waals surface area contributed by atoms with Crippen molar-refractivity contribution in [3.05, 3.63) is 41.1 Å². The quantitative estimate of drug-likeness (QED) is 0.672. The normalized spacial score (nSPS) is 13.3. The van der Waals surface area contributed by atoms with Crippen molar-refractivity contribution < 1.29 is 14.7 Å². The second-order valence-electron chi connectivity index (χ2n) is 3.05. The highest BCUT2D eigenvalue weighted by atomic mass is 16.4. The van der Waals surface area contributed by atoms with Gasteiger partial charge in [0.25, 0.3) is 0 Å². The molecule has 1 aromatic rings. The Kier molecular flexibility index (Phi) is 2.12. The summed E-state index contributed by atoms with van der Waals surface area (Å²) in [5.74, 6) is 0.439. The molecule has 0 atom stereocenters. The average molecular weight is 201 g/mol. The van der Waals surface area contributed by atoms with Crippen LogP contribution in [0.1, 0.15) is 5.56 Å². The molecule has 74 valence electrons. The van der Waals surface area contributed by atoms with Crippen LogP contribution in [-0.4, -0.2) is 17.0 Å². The number of rotatable bonds is 1. The molecular formula is C11H7NO3. The highest BCUT2D eigenvalue weighted by Gasteiger charge is 2.20. The van der Waals surface area contributed by atoms with Crippen molar-refractivity contribution >= 4 is 23.7 Å². The molecule has 0 aromatic heterocycles. The van der Waals surface area contributed by atoms with Crippen LogP contribution in [-0.2, 0) is 9.59 Å². The third-order valence-corrected chi connectivity index (χ3v) is 2.12. The SMILES string of the molecule is O=C=C1Nc2ccccc2C=C1C(=O)O. The smallest absolute Gasteiger partial charge is 0.338 e. The van der Waals surface area contributed by atoms with Gasteiger partial charge in [-0.15, -0.1) is 0 Å². The summed E-state index contributed by atoms with van der Waals surface area (Å²) in [5.41, 5.74) is 1.35. The summed E-state index contributed by atoms with van der Waals surface area (Å²) in [4.78, 5) is 21.4. The van der Waals surface area contributed by atoms with Gasteiger partial charge in [-0.25, -0.2) is 9.59 Å². The molecule has 0 unspecified atom stereocenters. The van der Waals surface area contributed by atoms with Gasteiger partial charge in [-0.2, -0.15) is 0 Å². The molecular weight excluding hydrogens is 194 g/mol. The number of carbonyl (C=O) groups is 1. The molecule has 4 nitrogen and oxygen atoms in total. The first-order valence-corrected chi connectivity index (χ1v) is 4.29. The van der Waals surface area contributed by atoms with Gasteiger partial charge in [0.2, 0.25) is 0 Å². The molecule has 1 aliphatic heterocycles. The predicted molar refractivity (Wildman–Crippen MR) is 54.9 cm³/mol. The number of carboxylic acid groups (broad SMARTS) is 1. The molecule has 1 aromatic carbocycles. The lowest BCUT2D eigenvalue weighted by Gasteiger charge is -2.16. The number of aliphatic carboxylic acids is 1. The second-order valence-corrected chi connectivity index (χ2v) is 3.05. The zero-order chi connectivity index (χ0) is 10.8. The van der Waals surface area contributed by atoms with E-state index in [9.17, 15) is 9.59 Å². The maximum atomic E-state index is 10.8. The molecule has 2 rings (SSSR count). The molecule has 0 saturated heterocycles. The Labute approximate surface area is 85.5 Å². The van der Waals surface area contributed by atoms with E-state index in [0.717, 1.165) is 5.56 Å². The summed E-state index contributed by atoms with van der Waals surface area (Å²) >= 11 is 0. The first-order valence-electron chi connectivity index (χ1n) is 4.29. The molecule has 1 heterocycles. The number of benzene rings is 1. The molecule has 0 bridgehead atoms. The van der Waals surface area contributed by atoms with E-state index in [1.807, 2.05) is 0 Å². The van der Waals surface area contributed by atoms with E-state index in [0.29, 0.717) is 5.69 Å². The van der Waals surface area contributed by atoms with Gasteiger partial charge in [-0.1, -0.05) is 18.2 Å². The molecule has 0 spiro atoms. The Hall–Kier alpha value is -2.32. The van der Waals surface area contributed by atoms with E-state index >= 15 is 0 Å². The summed E-state index contributed by atoms with van der Waals surface area (Å²) in [6.07, 6.45) is 1.45. The lowest BCUT2D eigenvalue weighted by atomic mass is 10.0. The van der Waals surface area contributed by atoms with E-state index in [4.69, 9.17) is 5.11 Å². The fraction of sp³-hybridized carbons (Fsp3) is 0. The van der Waals surface area contributed by atoms with E-state index in [2.05, 4.69) is 5.32 Å². The molecule has 0 aliphatic carbocycles. The number of para-hydroxylation sites is 1. The summed E-state index contributed by atoms with van der Waals surface area (Å²) < 4.78 is 0. The van der Waals surface area contributed by atoms with Crippen molar-refractivity contribution in [3.63, 3.8) is 0 Å². The molecule has 0 amide bonds. The van der Waals surface area contributed by atoms with Crippen molar-refractivity contribution in [1.29, 1.82) is 0 Å². The molecule has 15 heavy (non-hydrogen) atoms. The first kappa shape index (κ1) is 9.24. The van der Waals surface area contributed by atoms with Crippen molar-refractivity contribution in [3.8, 4) is 0 Å². The lowest BCUT2D eigenvalue weighted by Crippen LogP contribution is -2.15. The Bertz CT molecular complexity index is 510. The number of carbonyl (C=O) groups excluding carboxylic acids is 1. The fourth-order valence-corrected chi connectivity index (χ4v) is 1.42. The number of hydrogen-bond donors (Lipinski definition) is 2. The van der Waals surface area contributed by atoms with Gasteiger partial charge in [0, 0.05) is 5.69 Å². The van der Waals surface area contributed by atoms with E-state index in [-0.39, 0.29) is 11.3 Å². The minimum absolute atomic E-state index is 0.0406. The first-order chi connectivity index (χ1) is 7.22. The number of hydrogen-bond acceptors (Lipinski definition) is 3. The van der Waals surface area contributed by atoms with Gasteiger partial charge < -0.3 is 10.4 Å². The van der Waals surface area contributed by atoms with E-state index < -0.39 is 5.97 Å². The Morgan fingerprint density at radius 1 is 1.33 bits per heavy atom. The summed E-state index contributed by atoms with van der Waals surface area (Å²) in [6.45, 7) is 0. The third kappa shape index (κ3) is 1.54. The molecule has 2 N–H and O–H groups in total. The van der Waals surface area contributed by atoms with Crippen LogP contribution in [0.3, 0.4) is 0 Å². The topological polar surface area (TPSA) is 66.4 Å². The molecule has 1 aliphatic rings. The van der Waals surface area contributed by atoms with Crippen LogP contribution in [0.5, 0.6) is 0 Å². The largest absolute Gasteiger partial charge is 0.478 e. The van der Waals surface area contributed by atoms with Crippen molar-refractivity contribution in [2.75, 3.05) is 5.32 Å². The molecule has 0 radical (unpaired) electrons. The van der Waals surface area contributed by atoms with E-state index in [1.165, 1.54) is 6.08 Å². The van der Waals surface area contributed by atoms with Gasteiger partial charge >= 0.3 is 5.97 Å². The Balaban J connectivity index is 2.61. The summed E-state index contributed by atoms with van der Waals surface area (Å²) in [6, 6.07) is 7.13. The van der Waals surface area contributed by atoms with Crippen molar-refractivity contribution in [2.24, 2.45) is 0 Å². The van der Waals surface area contributed by atoms with Crippen LogP contribution in [0.25, 0.3) is 6.08 Å². The average Bonchev–Trinajstić information content (AvgIpc) is 2.27. The van der Waals surface area contributed by atoms with Gasteiger partial charge in [0.05, 0.1) is 5.57 Å². The van der Waals surface area contributed by atoms with Crippen LogP contribution in [0.15, 0.2) is 35.5 Å². The number of anilines is 1. The van der Waals surface area contributed by atoms with Crippen molar-refractivity contribution in [2.45, 2.75) is 0 Å². The maximum absolute atomic E-state index is 10.8. The van der Waals surface area contributed by atoms with Gasteiger partial charge in [0.15, 0.2) is 5.94 Å². The maximum Gasteiger partial charge on any atom is 0.338 e. The zero-order valence-corrected chi connectivity index (χ0v) is 7.65. The molecule has 0 fully saturated rings. The standard InChI is InChI=1S/C11H7NO3/c13-6-10-8(11(14)15)5-7-3-1-2-4-9(7)12-10/h1-5,12H,(H,14,15). The highest BCUT2D eigenvalue weighted by Crippen LogP contribution is 2.27. The number of carboxylic acids is 1. The number of nitrogens with one attached hydrogen (secondary N) is 1. The third-order valence-electron chi connectivity index (χ3n) is 2.12. The minimum Gasteiger partial charge on any atom is -0.478 e. The highest BCUT2D eigenvalue weighted by molar-refractivity contribution is 6.04. The van der Waals surface area contributed by atoms with Crippen LogP contribution in [0.4, 0.5) is 5.69 Å². The van der Waals surface area contributed by atoms with Crippen LogP contribution >= 0.6 is 0 Å². The van der Waals surface area contributed by atoms with Crippen LogP contribution in [0, 0.1) is 0 Å². The Morgan fingerprint density at radius 2 is 2.07 bits per heavy atom. The summed E-state index contributed by atoms with van der Waals surface area (Å²) in [5, 5.41) is 11.6. The van der Waals surface area contributed by atoms with Gasteiger partial charge in [0.1, 0.15) is 5.70 Å². The van der Waals surface area contributed by atoms with E-state index in [1.54, 1.807) is 30.2 Å². The monoisotopic (exact) mass is 201 g/mol. The molecule has 4 heteroatoms. The lowest BCUT2D eigenvalue weighted by molar-refractivity contribution is -0.132. The Morgan fingerprint density at radius 3 is 2.73 bits per heavy atom.